The second-order valence-electron chi connectivity index (χ2n) is 8.62. The van der Waals surface area contributed by atoms with Crippen LogP contribution in [0.25, 0.3) is 0 Å². The number of nitrogens with zero attached hydrogens (tertiary/aromatic N) is 4. The number of piperazine rings is 1. The van der Waals surface area contributed by atoms with Gasteiger partial charge in [-0.1, -0.05) is 47.5 Å². The largest absolute Gasteiger partial charge is 0.346 e. The summed E-state index contributed by atoms with van der Waals surface area (Å²) in [5.74, 6) is -0.308. The fourth-order valence-corrected chi connectivity index (χ4v) is 4.60. The van der Waals surface area contributed by atoms with Crippen molar-refractivity contribution < 1.29 is 4.39 Å². The van der Waals surface area contributed by atoms with Crippen molar-refractivity contribution in [2.75, 3.05) is 31.5 Å². The third kappa shape index (κ3) is 5.72. The minimum atomic E-state index is -0.308. The summed E-state index contributed by atoms with van der Waals surface area (Å²) < 4.78 is 15.3. The smallest absolute Gasteiger partial charge is 0.173 e. The molecular weight excluding hydrogens is 457 g/mol. The van der Waals surface area contributed by atoms with Crippen LogP contribution in [0.15, 0.2) is 42.5 Å². The van der Waals surface area contributed by atoms with Crippen LogP contribution in [0.1, 0.15) is 28.1 Å². The van der Waals surface area contributed by atoms with E-state index < -0.39 is 0 Å². The van der Waals surface area contributed by atoms with Gasteiger partial charge in [-0.3, -0.25) is 9.58 Å². The second kappa shape index (κ2) is 10.2. The number of halogens is 2. The van der Waals surface area contributed by atoms with E-state index in [2.05, 4.69) is 53.2 Å². The minimum Gasteiger partial charge on any atom is -0.346 e. The standard InChI is InChI=1S/C25H29ClFN5S/c1-17-4-6-20(7-5-17)15-32-19(3)24(18(2)29-32)28-25(33)31-12-10-30(11-13-31)16-21-8-9-22(27)14-23(21)26/h4-9,14H,10-13,15-16H2,1-3H3,(H,28,33). The van der Waals surface area contributed by atoms with Gasteiger partial charge in [0.25, 0.3) is 0 Å². The van der Waals surface area contributed by atoms with Gasteiger partial charge in [0.1, 0.15) is 5.82 Å². The first-order chi connectivity index (χ1) is 15.8. The molecule has 1 aromatic heterocycles. The summed E-state index contributed by atoms with van der Waals surface area (Å²) in [5, 5.41) is 9.36. The monoisotopic (exact) mass is 485 g/mol. The van der Waals surface area contributed by atoms with Crippen LogP contribution in [-0.4, -0.2) is 50.9 Å². The molecule has 2 aromatic carbocycles. The van der Waals surface area contributed by atoms with E-state index >= 15 is 0 Å². The van der Waals surface area contributed by atoms with E-state index in [4.69, 9.17) is 28.9 Å². The maximum absolute atomic E-state index is 13.3. The third-order valence-electron chi connectivity index (χ3n) is 6.13. The number of aryl methyl sites for hydroxylation is 2. The molecule has 5 nitrogen and oxygen atoms in total. The number of hydrogen-bond donors (Lipinski definition) is 1. The van der Waals surface area contributed by atoms with E-state index in [1.165, 1.54) is 23.3 Å². The lowest BCUT2D eigenvalue weighted by molar-refractivity contribution is 0.177. The maximum atomic E-state index is 13.3. The highest BCUT2D eigenvalue weighted by atomic mass is 35.5. The SMILES string of the molecule is Cc1ccc(Cn2nc(C)c(NC(=S)N3CCN(Cc4ccc(F)cc4Cl)CC3)c2C)cc1. The number of benzene rings is 2. The van der Waals surface area contributed by atoms with Gasteiger partial charge in [-0.15, -0.1) is 0 Å². The molecule has 1 N–H and O–H groups in total. The fourth-order valence-electron chi connectivity index (χ4n) is 4.08. The van der Waals surface area contributed by atoms with E-state index in [0.29, 0.717) is 11.6 Å². The minimum absolute atomic E-state index is 0.308. The molecule has 1 aliphatic rings. The van der Waals surface area contributed by atoms with Crippen LogP contribution in [-0.2, 0) is 13.1 Å². The molecule has 1 fully saturated rings. The Bertz CT molecular complexity index is 1140. The predicted octanol–water partition coefficient (Wildman–Crippen LogP) is 5.16. The summed E-state index contributed by atoms with van der Waals surface area (Å²) in [6.45, 7) is 11.0. The first-order valence-electron chi connectivity index (χ1n) is 11.1. The van der Waals surface area contributed by atoms with Crippen LogP contribution in [0.3, 0.4) is 0 Å². The molecule has 3 aromatic rings. The Hall–Kier alpha value is -2.48. The average Bonchev–Trinajstić information content (AvgIpc) is 3.05. The van der Waals surface area contributed by atoms with Crippen molar-refractivity contribution in [3.8, 4) is 0 Å². The molecule has 0 spiro atoms. The van der Waals surface area contributed by atoms with Crippen LogP contribution in [0.4, 0.5) is 10.1 Å². The molecule has 1 aliphatic heterocycles. The van der Waals surface area contributed by atoms with Gasteiger partial charge in [0, 0.05) is 37.7 Å². The molecule has 0 amide bonds. The van der Waals surface area contributed by atoms with E-state index in [9.17, 15) is 4.39 Å². The second-order valence-corrected chi connectivity index (χ2v) is 9.41. The van der Waals surface area contributed by atoms with Crippen molar-refractivity contribution in [2.45, 2.75) is 33.9 Å². The lowest BCUT2D eigenvalue weighted by atomic mass is 10.1. The molecule has 8 heteroatoms. The summed E-state index contributed by atoms with van der Waals surface area (Å²) in [4.78, 5) is 4.50. The zero-order valence-electron chi connectivity index (χ0n) is 19.2. The molecule has 0 saturated carbocycles. The molecule has 0 aliphatic carbocycles. The summed E-state index contributed by atoms with van der Waals surface area (Å²) in [7, 11) is 0. The number of anilines is 1. The molecule has 4 rings (SSSR count). The van der Waals surface area contributed by atoms with E-state index in [-0.39, 0.29) is 5.82 Å². The Morgan fingerprint density at radius 3 is 2.39 bits per heavy atom. The molecule has 0 unspecified atom stereocenters. The number of aromatic nitrogens is 2. The fraction of sp³-hybridized carbons (Fsp3) is 0.360. The molecule has 0 radical (unpaired) electrons. The quantitative estimate of drug-likeness (QED) is 0.505. The predicted molar refractivity (Wildman–Crippen MR) is 136 cm³/mol. The topological polar surface area (TPSA) is 36.3 Å². The van der Waals surface area contributed by atoms with Crippen molar-refractivity contribution >= 4 is 34.6 Å². The normalized spacial score (nSPS) is 14.5. The van der Waals surface area contributed by atoms with Gasteiger partial charge in [0.2, 0.25) is 0 Å². The molecule has 1 saturated heterocycles. The Kier molecular flexibility index (Phi) is 7.32. The van der Waals surface area contributed by atoms with Gasteiger partial charge in [0.15, 0.2) is 5.11 Å². The summed E-state index contributed by atoms with van der Waals surface area (Å²) in [6, 6.07) is 13.1. The number of nitrogens with one attached hydrogen (secondary N) is 1. The van der Waals surface area contributed by atoms with Crippen molar-refractivity contribution in [3.63, 3.8) is 0 Å². The lowest BCUT2D eigenvalue weighted by Crippen LogP contribution is -2.49. The first kappa shape index (κ1) is 23.7. The van der Waals surface area contributed by atoms with Crippen LogP contribution in [0, 0.1) is 26.6 Å². The van der Waals surface area contributed by atoms with Crippen molar-refractivity contribution in [2.24, 2.45) is 0 Å². The average molecular weight is 486 g/mol. The van der Waals surface area contributed by atoms with Gasteiger partial charge in [-0.25, -0.2) is 4.39 Å². The van der Waals surface area contributed by atoms with Crippen LogP contribution in [0.5, 0.6) is 0 Å². The van der Waals surface area contributed by atoms with Gasteiger partial charge >= 0.3 is 0 Å². The van der Waals surface area contributed by atoms with Gasteiger partial charge in [-0.2, -0.15) is 5.10 Å². The number of thiocarbonyl (C=S) groups is 1. The van der Waals surface area contributed by atoms with Gasteiger partial charge in [-0.05, 0) is 56.2 Å². The zero-order valence-corrected chi connectivity index (χ0v) is 20.8. The lowest BCUT2D eigenvalue weighted by Gasteiger charge is -2.36. The van der Waals surface area contributed by atoms with Gasteiger partial charge in [0.05, 0.1) is 23.6 Å². The van der Waals surface area contributed by atoms with Crippen molar-refractivity contribution in [1.29, 1.82) is 0 Å². The zero-order chi connectivity index (χ0) is 23.5. The highest BCUT2D eigenvalue weighted by Crippen LogP contribution is 2.23. The molecule has 174 valence electrons. The summed E-state index contributed by atoms with van der Waals surface area (Å²) >= 11 is 11.9. The van der Waals surface area contributed by atoms with Crippen molar-refractivity contribution in [3.05, 3.63) is 81.4 Å². The van der Waals surface area contributed by atoms with E-state index in [0.717, 1.165) is 60.5 Å². The third-order valence-corrected chi connectivity index (χ3v) is 6.85. The molecular formula is C25H29ClFN5S. The van der Waals surface area contributed by atoms with Crippen LogP contribution < -0.4 is 5.32 Å². The van der Waals surface area contributed by atoms with E-state index in [1.54, 1.807) is 6.07 Å². The first-order valence-corrected chi connectivity index (χ1v) is 11.9. The van der Waals surface area contributed by atoms with Crippen molar-refractivity contribution in [1.82, 2.24) is 19.6 Å². The Balaban J connectivity index is 1.34. The highest BCUT2D eigenvalue weighted by molar-refractivity contribution is 7.80. The van der Waals surface area contributed by atoms with Crippen LogP contribution >= 0.6 is 23.8 Å². The Labute approximate surface area is 205 Å². The Morgan fingerprint density at radius 1 is 1.03 bits per heavy atom. The van der Waals surface area contributed by atoms with Crippen LogP contribution in [0.2, 0.25) is 5.02 Å². The summed E-state index contributed by atoms with van der Waals surface area (Å²) in [5.41, 5.74) is 6.40. The highest BCUT2D eigenvalue weighted by Gasteiger charge is 2.21. The Morgan fingerprint density at radius 2 is 1.73 bits per heavy atom. The molecule has 2 heterocycles. The molecule has 0 atom stereocenters. The summed E-state index contributed by atoms with van der Waals surface area (Å²) in [6.07, 6.45) is 0. The number of hydrogen-bond acceptors (Lipinski definition) is 3. The number of rotatable bonds is 5. The molecule has 33 heavy (non-hydrogen) atoms. The maximum Gasteiger partial charge on any atom is 0.173 e. The molecule has 0 bridgehead atoms. The van der Waals surface area contributed by atoms with E-state index in [1.807, 2.05) is 11.6 Å². The van der Waals surface area contributed by atoms with Gasteiger partial charge < -0.3 is 10.2 Å².